The highest BCUT2D eigenvalue weighted by Crippen LogP contribution is 2.42. The normalized spacial score (nSPS) is 15.5. The van der Waals surface area contributed by atoms with Crippen molar-refractivity contribution in [1.82, 2.24) is 0 Å². The van der Waals surface area contributed by atoms with Crippen LogP contribution in [0, 0.1) is 0 Å². The highest BCUT2D eigenvalue weighted by atomic mass is 31.2. The fourth-order valence-corrected chi connectivity index (χ4v) is 1.03. The molecule has 64 valence electrons. The number of allylic oxidation sites excluding steroid dienone is 1. The van der Waals surface area contributed by atoms with Crippen LogP contribution in [0.2, 0.25) is 0 Å². The molecule has 0 fully saturated rings. The monoisotopic (exact) mass is 180 g/mol. The predicted molar refractivity (Wildman–Crippen MR) is 38.1 cm³/mol. The molecule has 0 bridgehead atoms. The van der Waals surface area contributed by atoms with E-state index in [-0.39, 0.29) is 6.61 Å². The van der Waals surface area contributed by atoms with Crippen LogP contribution in [-0.4, -0.2) is 28.7 Å². The van der Waals surface area contributed by atoms with Gasteiger partial charge in [0.05, 0.1) is 13.2 Å². The van der Waals surface area contributed by atoms with Gasteiger partial charge in [0, 0.05) is 0 Å². The first-order chi connectivity index (χ1) is 5.04. The quantitative estimate of drug-likeness (QED) is 0.455. The molecular weight excluding hydrogens is 171 g/mol. The molecule has 6 heteroatoms. The average molecular weight is 180 g/mol. The van der Waals surface area contributed by atoms with Crippen molar-refractivity contribution in [2.75, 3.05) is 13.2 Å². The molecule has 0 aliphatic carbocycles. The molecule has 5 nitrogen and oxygen atoms in total. The highest BCUT2D eigenvalue weighted by Gasteiger charge is 2.26. The molecule has 11 heavy (non-hydrogen) atoms. The lowest BCUT2D eigenvalue weighted by Crippen LogP contribution is -2.03. The molecule has 0 aliphatic heterocycles. The van der Waals surface area contributed by atoms with Gasteiger partial charge in [-0.25, -0.2) is 0 Å². The molecule has 2 N–H and O–H groups in total. The van der Waals surface area contributed by atoms with E-state index in [0.717, 1.165) is 0 Å². The second-order valence-corrected chi connectivity index (χ2v) is 3.36. The summed E-state index contributed by atoms with van der Waals surface area (Å²) in [4.78, 5) is 19.2. The number of hydrogen-bond acceptors (Lipinski definition) is 4. The number of aliphatic hydroxyl groups is 1. The zero-order valence-electron chi connectivity index (χ0n) is 5.77. The Labute approximate surface area is 63.8 Å². The summed E-state index contributed by atoms with van der Waals surface area (Å²) in [7, 11) is -4.22. The van der Waals surface area contributed by atoms with Crippen molar-refractivity contribution in [2.24, 2.45) is 0 Å². The van der Waals surface area contributed by atoms with E-state index < -0.39 is 19.7 Å². The third-order valence-electron chi connectivity index (χ3n) is 0.811. The maximum Gasteiger partial charge on any atom is 0.398 e. The lowest BCUT2D eigenvalue weighted by atomic mass is 10.7. The summed E-state index contributed by atoms with van der Waals surface area (Å²) >= 11 is 0. The molecule has 0 saturated heterocycles. The van der Waals surface area contributed by atoms with Crippen LogP contribution in [0.3, 0.4) is 0 Å². The molecule has 0 aliphatic rings. The second-order valence-electron chi connectivity index (χ2n) is 1.62. The van der Waals surface area contributed by atoms with Crippen LogP contribution in [-0.2, 0) is 13.9 Å². The summed E-state index contributed by atoms with van der Waals surface area (Å²) < 4.78 is 14.9. The Balaban J connectivity index is 4.10. The number of carbonyl (C=O) groups is 1. The number of hydrogen-bond donors (Lipinski definition) is 2. The largest absolute Gasteiger partial charge is 0.398 e. The second kappa shape index (κ2) is 4.41. The molecule has 0 heterocycles. The van der Waals surface area contributed by atoms with E-state index in [4.69, 9.17) is 10.00 Å². The fraction of sp³-hybridized carbons (Fsp3) is 0.400. The van der Waals surface area contributed by atoms with Gasteiger partial charge in [-0.05, 0) is 6.08 Å². The Hall–Kier alpha value is -0.480. The number of aliphatic hydroxyl groups excluding tert-OH is 1. The lowest BCUT2D eigenvalue weighted by Gasteiger charge is -2.05. The Bertz CT molecular complexity index is 199. The smallest absolute Gasteiger partial charge is 0.394 e. The molecule has 0 amide bonds. The molecule has 1 atom stereocenters. The zero-order chi connectivity index (χ0) is 8.91. The molecule has 1 unspecified atom stereocenters. The Morgan fingerprint density at radius 1 is 1.73 bits per heavy atom. The molecular formula is C5H9O5P. The van der Waals surface area contributed by atoms with Crippen LogP contribution in [0.25, 0.3) is 0 Å². The van der Waals surface area contributed by atoms with Crippen LogP contribution in [0.15, 0.2) is 12.7 Å². The minimum absolute atomic E-state index is 0.340. The van der Waals surface area contributed by atoms with E-state index in [2.05, 4.69) is 11.1 Å². The first kappa shape index (κ1) is 10.5. The summed E-state index contributed by atoms with van der Waals surface area (Å²) in [5, 5.41) is 8.19. The first-order valence-electron chi connectivity index (χ1n) is 2.79. The van der Waals surface area contributed by atoms with E-state index >= 15 is 0 Å². The Morgan fingerprint density at radius 2 is 2.27 bits per heavy atom. The molecule has 0 aromatic rings. The minimum Gasteiger partial charge on any atom is -0.394 e. The van der Waals surface area contributed by atoms with Gasteiger partial charge in [-0.2, -0.15) is 0 Å². The number of rotatable bonds is 5. The standard InChI is InChI=1S/C5H9O5P/c1-2-5(7)11(8,9)10-4-3-6/h2,6H,1,3-4H2,(H,8,9). The molecule has 0 spiro atoms. The van der Waals surface area contributed by atoms with Crippen LogP contribution < -0.4 is 0 Å². The molecule has 0 radical (unpaired) electrons. The van der Waals surface area contributed by atoms with Crippen molar-refractivity contribution in [2.45, 2.75) is 0 Å². The van der Waals surface area contributed by atoms with E-state index in [1.807, 2.05) is 0 Å². The summed E-state index contributed by atoms with van der Waals surface area (Å²) in [6.07, 6.45) is 0.707. The minimum atomic E-state index is -4.22. The van der Waals surface area contributed by atoms with Crippen LogP contribution in [0.5, 0.6) is 0 Å². The van der Waals surface area contributed by atoms with Gasteiger partial charge >= 0.3 is 7.60 Å². The maximum atomic E-state index is 10.7. The van der Waals surface area contributed by atoms with E-state index in [1.165, 1.54) is 0 Å². The summed E-state index contributed by atoms with van der Waals surface area (Å²) in [5.41, 5.74) is -1.06. The Kier molecular flexibility index (Phi) is 4.22. The van der Waals surface area contributed by atoms with Gasteiger partial charge < -0.3 is 14.5 Å². The summed E-state index contributed by atoms with van der Waals surface area (Å²) in [6, 6.07) is 0. The highest BCUT2D eigenvalue weighted by molar-refractivity contribution is 7.71. The summed E-state index contributed by atoms with van der Waals surface area (Å²) in [5.74, 6) is 0. The summed E-state index contributed by atoms with van der Waals surface area (Å²) in [6.45, 7) is 2.26. The molecule has 0 saturated carbocycles. The van der Waals surface area contributed by atoms with Gasteiger partial charge in [0.1, 0.15) is 0 Å². The Morgan fingerprint density at radius 3 is 2.64 bits per heavy atom. The molecule has 0 aromatic heterocycles. The van der Waals surface area contributed by atoms with Crippen LogP contribution in [0.4, 0.5) is 0 Å². The topological polar surface area (TPSA) is 83.8 Å². The molecule has 0 rings (SSSR count). The third kappa shape index (κ3) is 3.43. The van der Waals surface area contributed by atoms with Gasteiger partial charge in [-0.1, -0.05) is 6.58 Å². The SMILES string of the molecule is C=CC(=O)P(=O)(O)OCCO. The predicted octanol–water partition coefficient (Wildman–Crippen LogP) is -0.107. The van der Waals surface area contributed by atoms with E-state index in [0.29, 0.717) is 6.08 Å². The van der Waals surface area contributed by atoms with Crippen molar-refractivity contribution >= 4 is 13.1 Å². The fourth-order valence-electron chi connectivity index (χ4n) is 0.344. The van der Waals surface area contributed by atoms with Crippen molar-refractivity contribution in [3.63, 3.8) is 0 Å². The van der Waals surface area contributed by atoms with E-state index in [9.17, 15) is 9.36 Å². The van der Waals surface area contributed by atoms with Gasteiger partial charge in [-0.15, -0.1) is 0 Å². The average Bonchev–Trinajstić information content (AvgIpc) is 1.99. The van der Waals surface area contributed by atoms with Crippen molar-refractivity contribution in [3.05, 3.63) is 12.7 Å². The lowest BCUT2D eigenvalue weighted by molar-refractivity contribution is -0.109. The van der Waals surface area contributed by atoms with Crippen molar-refractivity contribution in [1.29, 1.82) is 0 Å². The zero-order valence-corrected chi connectivity index (χ0v) is 6.66. The van der Waals surface area contributed by atoms with Gasteiger partial charge in [0.25, 0.3) is 5.52 Å². The maximum absolute atomic E-state index is 10.7. The van der Waals surface area contributed by atoms with Gasteiger partial charge in [-0.3, -0.25) is 9.36 Å². The third-order valence-corrected chi connectivity index (χ3v) is 2.08. The van der Waals surface area contributed by atoms with Crippen molar-refractivity contribution < 1.29 is 23.9 Å². The first-order valence-corrected chi connectivity index (χ1v) is 4.37. The van der Waals surface area contributed by atoms with Crippen LogP contribution in [0.1, 0.15) is 0 Å². The van der Waals surface area contributed by atoms with Crippen molar-refractivity contribution in [3.8, 4) is 0 Å². The van der Waals surface area contributed by atoms with Gasteiger partial charge in [0.2, 0.25) is 0 Å². The van der Waals surface area contributed by atoms with Gasteiger partial charge in [0.15, 0.2) is 0 Å². The van der Waals surface area contributed by atoms with Crippen LogP contribution >= 0.6 is 7.60 Å². The molecule has 0 aromatic carbocycles. The van der Waals surface area contributed by atoms with E-state index in [1.54, 1.807) is 0 Å². The number of carbonyl (C=O) groups excluding carboxylic acids is 1.